The summed E-state index contributed by atoms with van der Waals surface area (Å²) in [5.41, 5.74) is 0.125. The number of nitrogens with one attached hydrogen (secondary N) is 1. The van der Waals surface area contributed by atoms with Crippen molar-refractivity contribution in [1.82, 2.24) is 5.32 Å². The third-order valence-electron chi connectivity index (χ3n) is 1.09. The average Bonchev–Trinajstić information content (AvgIpc) is 2.15. The molecular weight excluding hydrogens is 122 g/mol. The lowest BCUT2D eigenvalue weighted by atomic mass is 10.2. The largest absolute Gasteiger partial charge is 0.515 e. The Kier molecular flexibility index (Phi) is 1.22. The van der Waals surface area contributed by atoms with Crippen LogP contribution in [0.1, 0.15) is 0 Å². The lowest BCUT2D eigenvalue weighted by Gasteiger charge is -1.81. The Hall–Kier alpha value is -1.32. The van der Waals surface area contributed by atoms with Crippen LogP contribution in [0.2, 0.25) is 0 Å². The van der Waals surface area contributed by atoms with E-state index < -0.39 is 11.7 Å². The van der Waals surface area contributed by atoms with Crippen molar-refractivity contribution in [2.45, 2.75) is 0 Å². The van der Waals surface area contributed by atoms with Gasteiger partial charge in [-0.1, -0.05) is 0 Å². The summed E-state index contributed by atoms with van der Waals surface area (Å²) in [7, 11) is 0. The third-order valence-corrected chi connectivity index (χ3v) is 1.09. The molecule has 4 heteroatoms. The first-order valence-electron chi connectivity index (χ1n) is 2.41. The zero-order valence-corrected chi connectivity index (χ0v) is 4.55. The number of carbonyl (C=O) groups is 2. The van der Waals surface area contributed by atoms with Gasteiger partial charge in [-0.3, -0.25) is 9.59 Å². The van der Waals surface area contributed by atoms with Gasteiger partial charge in [0.15, 0.2) is 0 Å². The van der Waals surface area contributed by atoms with Crippen LogP contribution in [0.25, 0.3) is 0 Å². The quantitative estimate of drug-likeness (QED) is 0.252. The minimum Gasteiger partial charge on any atom is -0.515 e. The number of ketones is 1. The first-order chi connectivity index (χ1) is 4.25. The van der Waals surface area contributed by atoms with Crippen molar-refractivity contribution in [3.05, 3.63) is 11.8 Å². The maximum Gasteiger partial charge on any atom is 0.292 e. The molecule has 1 aliphatic rings. The Morgan fingerprint density at radius 1 is 1.56 bits per heavy atom. The highest BCUT2D eigenvalue weighted by molar-refractivity contribution is 6.45. The van der Waals surface area contributed by atoms with Gasteiger partial charge in [-0.2, -0.15) is 0 Å². The third kappa shape index (κ3) is 0.782. The van der Waals surface area contributed by atoms with Crippen LogP contribution in [-0.2, 0) is 9.59 Å². The highest BCUT2D eigenvalue weighted by Gasteiger charge is 2.25. The molecule has 0 unspecified atom stereocenters. The molecule has 0 radical (unpaired) electrons. The fraction of sp³-hybridized carbons (Fsp3) is 0.200. The van der Waals surface area contributed by atoms with Crippen LogP contribution < -0.4 is 5.32 Å². The molecule has 0 aromatic rings. The van der Waals surface area contributed by atoms with Gasteiger partial charge < -0.3 is 10.4 Å². The topological polar surface area (TPSA) is 66.4 Å². The van der Waals surface area contributed by atoms with E-state index in [4.69, 9.17) is 5.11 Å². The fourth-order valence-corrected chi connectivity index (χ4v) is 0.586. The molecule has 0 saturated carbocycles. The van der Waals surface area contributed by atoms with Gasteiger partial charge in [0.05, 0.1) is 18.4 Å². The zero-order valence-electron chi connectivity index (χ0n) is 4.55. The average molecular weight is 127 g/mol. The molecule has 0 aromatic heterocycles. The van der Waals surface area contributed by atoms with E-state index in [0.29, 0.717) is 6.26 Å². The van der Waals surface area contributed by atoms with Gasteiger partial charge in [-0.15, -0.1) is 0 Å². The van der Waals surface area contributed by atoms with Crippen LogP contribution in [0.4, 0.5) is 0 Å². The number of carbonyl (C=O) groups excluding carboxylic acids is 2. The normalized spacial score (nSPS) is 22.9. The summed E-state index contributed by atoms with van der Waals surface area (Å²) in [6.07, 6.45) is 0.653. The lowest BCUT2D eigenvalue weighted by molar-refractivity contribution is -0.133. The Balaban J connectivity index is 2.86. The van der Waals surface area contributed by atoms with Crippen LogP contribution in [0.3, 0.4) is 0 Å². The Morgan fingerprint density at radius 3 is 2.44 bits per heavy atom. The molecule has 0 atom stereocenters. The molecule has 4 nitrogen and oxygen atoms in total. The van der Waals surface area contributed by atoms with Gasteiger partial charge >= 0.3 is 0 Å². The van der Waals surface area contributed by atoms with Crippen LogP contribution in [0.5, 0.6) is 0 Å². The summed E-state index contributed by atoms with van der Waals surface area (Å²) in [4.78, 5) is 20.8. The number of hydrogen-bond donors (Lipinski definition) is 2. The Bertz CT molecular complexity index is 194. The molecule has 1 saturated heterocycles. The fourth-order valence-electron chi connectivity index (χ4n) is 0.586. The standard InChI is InChI=1S/C5H5NO3/c7-2-3-1-6-5(9)4(3)8/h2,7H,1H2,(H,6,9)/b3-2+. The molecule has 1 heterocycles. The Morgan fingerprint density at radius 2 is 2.22 bits per heavy atom. The maximum atomic E-state index is 10.5. The highest BCUT2D eigenvalue weighted by atomic mass is 16.2. The lowest BCUT2D eigenvalue weighted by Crippen LogP contribution is -2.18. The van der Waals surface area contributed by atoms with Gasteiger partial charge in [0, 0.05) is 0 Å². The van der Waals surface area contributed by atoms with Crippen molar-refractivity contribution in [3.63, 3.8) is 0 Å². The predicted molar refractivity (Wildman–Crippen MR) is 28.7 cm³/mol. The molecule has 0 aromatic carbocycles. The van der Waals surface area contributed by atoms with E-state index in [-0.39, 0.29) is 12.1 Å². The highest BCUT2D eigenvalue weighted by Crippen LogP contribution is 1.99. The molecule has 1 fully saturated rings. The number of rotatable bonds is 0. The van der Waals surface area contributed by atoms with Gasteiger partial charge in [0.2, 0.25) is 0 Å². The summed E-state index contributed by atoms with van der Waals surface area (Å²) in [6.45, 7) is 0.147. The summed E-state index contributed by atoms with van der Waals surface area (Å²) < 4.78 is 0. The van der Waals surface area contributed by atoms with Gasteiger partial charge in [0.1, 0.15) is 0 Å². The number of aliphatic hydroxyl groups is 1. The van der Waals surface area contributed by atoms with E-state index in [0.717, 1.165) is 0 Å². The Labute approximate surface area is 51.2 Å². The maximum absolute atomic E-state index is 10.5. The molecule has 48 valence electrons. The smallest absolute Gasteiger partial charge is 0.292 e. The van der Waals surface area contributed by atoms with Crippen LogP contribution in [0, 0.1) is 0 Å². The molecule has 1 aliphatic heterocycles. The van der Waals surface area contributed by atoms with E-state index >= 15 is 0 Å². The second kappa shape index (κ2) is 1.89. The van der Waals surface area contributed by atoms with E-state index in [2.05, 4.69) is 5.32 Å². The molecule has 0 bridgehead atoms. The van der Waals surface area contributed by atoms with Crippen molar-refractivity contribution >= 4 is 11.7 Å². The minimum absolute atomic E-state index is 0.125. The van der Waals surface area contributed by atoms with Crippen LogP contribution in [0.15, 0.2) is 11.8 Å². The molecule has 0 spiro atoms. The van der Waals surface area contributed by atoms with Gasteiger partial charge in [0.25, 0.3) is 11.7 Å². The number of aliphatic hydroxyl groups excluding tert-OH is 1. The van der Waals surface area contributed by atoms with Crippen molar-refractivity contribution in [3.8, 4) is 0 Å². The molecule has 9 heavy (non-hydrogen) atoms. The van der Waals surface area contributed by atoms with Crippen molar-refractivity contribution < 1.29 is 14.7 Å². The SMILES string of the molecule is O=C1NC/C(=C\O)C1=O. The minimum atomic E-state index is -0.643. The van der Waals surface area contributed by atoms with Gasteiger partial charge in [-0.05, 0) is 0 Å². The molecule has 1 rings (SSSR count). The van der Waals surface area contributed by atoms with E-state index in [9.17, 15) is 9.59 Å². The second-order valence-corrected chi connectivity index (χ2v) is 1.67. The first-order valence-corrected chi connectivity index (χ1v) is 2.41. The summed E-state index contributed by atoms with van der Waals surface area (Å²) in [6, 6.07) is 0. The predicted octanol–water partition coefficient (Wildman–Crippen LogP) is -0.873. The molecular formula is C5H5NO3. The van der Waals surface area contributed by atoms with Crippen molar-refractivity contribution in [2.24, 2.45) is 0 Å². The molecule has 1 amide bonds. The van der Waals surface area contributed by atoms with Crippen molar-refractivity contribution in [2.75, 3.05) is 6.54 Å². The number of hydrogen-bond acceptors (Lipinski definition) is 3. The molecule has 2 N–H and O–H groups in total. The van der Waals surface area contributed by atoms with E-state index in [1.165, 1.54) is 0 Å². The number of Topliss-reactive ketones (excluding diaryl/α,β-unsaturated/α-hetero) is 1. The zero-order chi connectivity index (χ0) is 6.85. The summed E-state index contributed by atoms with van der Waals surface area (Å²) in [5.74, 6) is -1.28. The molecule has 0 aliphatic carbocycles. The monoisotopic (exact) mass is 127 g/mol. The second-order valence-electron chi connectivity index (χ2n) is 1.67. The number of amides is 1. The first kappa shape index (κ1) is 5.81. The van der Waals surface area contributed by atoms with E-state index in [1.807, 2.05) is 0 Å². The van der Waals surface area contributed by atoms with Crippen LogP contribution >= 0.6 is 0 Å². The van der Waals surface area contributed by atoms with Crippen LogP contribution in [-0.4, -0.2) is 23.3 Å². The van der Waals surface area contributed by atoms with Gasteiger partial charge in [-0.25, -0.2) is 0 Å². The van der Waals surface area contributed by atoms with Crippen molar-refractivity contribution in [1.29, 1.82) is 0 Å². The summed E-state index contributed by atoms with van der Waals surface area (Å²) >= 11 is 0. The summed E-state index contributed by atoms with van der Waals surface area (Å²) in [5, 5.41) is 10.5. The van der Waals surface area contributed by atoms with E-state index in [1.54, 1.807) is 0 Å².